The molecule has 0 bridgehead atoms. The third-order valence-electron chi connectivity index (χ3n) is 5.62. The quantitative estimate of drug-likeness (QED) is 0.669. The number of carbonyl (C=O) groups excluding carboxylic acids is 1. The number of likely N-dealkylation sites (tertiary alicyclic amines) is 1. The molecule has 1 amide bonds. The molecule has 1 fully saturated rings. The molecule has 1 aliphatic rings. The van der Waals surface area contributed by atoms with Crippen molar-refractivity contribution in [2.75, 3.05) is 13.1 Å². The topological polar surface area (TPSA) is 95.7 Å². The fraction of sp³-hybridized carbons (Fsp3) is 0.304. The Kier molecular flexibility index (Phi) is 5.48. The third-order valence-corrected chi connectivity index (χ3v) is 5.62. The van der Waals surface area contributed by atoms with E-state index >= 15 is 0 Å². The van der Waals surface area contributed by atoms with Crippen molar-refractivity contribution in [2.24, 2.45) is 5.41 Å². The van der Waals surface area contributed by atoms with Gasteiger partial charge in [-0.05, 0) is 56.0 Å². The average Bonchev–Trinajstić information content (AvgIpc) is 2.81. The maximum Gasteiger partial charge on any atom is 0.256 e. The van der Waals surface area contributed by atoms with Gasteiger partial charge in [0.2, 0.25) is 0 Å². The van der Waals surface area contributed by atoms with Crippen LogP contribution in [0.2, 0.25) is 0 Å². The van der Waals surface area contributed by atoms with Crippen molar-refractivity contribution in [1.82, 2.24) is 24.8 Å². The molecule has 7 heteroatoms. The maximum absolute atomic E-state index is 13.2. The lowest BCUT2D eigenvalue weighted by molar-refractivity contribution is 0.0647. The van der Waals surface area contributed by atoms with Crippen LogP contribution < -0.4 is 0 Å². The van der Waals surface area contributed by atoms with E-state index in [0.717, 1.165) is 11.3 Å². The van der Waals surface area contributed by atoms with E-state index in [4.69, 9.17) is 0 Å². The van der Waals surface area contributed by atoms with Crippen molar-refractivity contribution < 1.29 is 4.79 Å². The summed E-state index contributed by atoms with van der Waals surface area (Å²) in [5, 5.41) is 9.89. The first kappa shape index (κ1) is 19.6. The average molecular weight is 398 g/mol. The predicted molar refractivity (Wildman–Crippen MR) is 111 cm³/mol. The number of amides is 1. The highest BCUT2D eigenvalue weighted by Crippen LogP contribution is 2.35. The molecular formula is C23H22N6O. The molecular weight excluding hydrogens is 376 g/mol. The van der Waals surface area contributed by atoms with Crippen molar-refractivity contribution in [3.05, 3.63) is 72.1 Å². The molecule has 30 heavy (non-hydrogen) atoms. The Balaban J connectivity index is 1.50. The lowest BCUT2D eigenvalue weighted by atomic mass is 9.75. The van der Waals surface area contributed by atoms with Crippen LogP contribution in [0.25, 0.3) is 11.4 Å². The van der Waals surface area contributed by atoms with E-state index in [-0.39, 0.29) is 5.91 Å². The molecule has 0 aliphatic carbocycles. The molecule has 0 saturated carbocycles. The Morgan fingerprint density at radius 2 is 1.97 bits per heavy atom. The first-order valence-electron chi connectivity index (χ1n) is 9.94. The second-order valence-corrected chi connectivity index (χ2v) is 7.66. The van der Waals surface area contributed by atoms with Crippen molar-refractivity contribution in [3.63, 3.8) is 0 Å². The van der Waals surface area contributed by atoms with Crippen LogP contribution in [0.3, 0.4) is 0 Å². The summed E-state index contributed by atoms with van der Waals surface area (Å²) in [5.74, 6) is -0.0831. The monoisotopic (exact) mass is 398 g/mol. The zero-order valence-electron chi connectivity index (χ0n) is 16.8. The summed E-state index contributed by atoms with van der Waals surface area (Å²) in [7, 11) is 0. The Hall–Kier alpha value is -3.66. The fourth-order valence-corrected chi connectivity index (χ4v) is 3.84. The number of hydrogen-bond donors (Lipinski definition) is 0. The molecule has 0 radical (unpaired) electrons. The number of rotatable bonds is 4. The van der Waals surface area contributed by atoms with Crippen LogP contribution in [0.15, 0.2) is 55.2 Å². The predicted octanol–water partition coefficient (Wildman–Crippen LogP) is 3.23. The van der Waals surface area contributed by atoms with E-state index in [0.29, 0.717) is 49.3 Å². The third kappa shape index (κ3) is 4.03. The van der Waals surface area contributed by atoms with Gasteiger partial charge in [0, 0.05) is 37.4 Å². The minimum atomic E-state index is -0.474. The van der Waals surface area contributed by atoms with Crippen molar-refractivity contribution in [1.29, 1.82) is 5.26 Å². The van der Waals surface area contributed by atoms with E-state index in [1.807, 2.05) is 30.2 Å². The maximum atomic E-state index is 13.2. The van der Waals surface area contributed by atoms with Gasteiger partial charge >= 0.3 is 0 Å². The van der Waals surface area contributed by atoms with Crippen LogP contribution in [0.4, 0.5) is 0 Å². The highest BCUT2D eigenvalue weighted by atomic mass is 16.2. The standard InChI is InChI=1S/C23H22N6O/c1-17-4-5-18(14-27-17)13-23(15-24)7-11-29(12-8-23)22(30)19-3-2-9-26-21(19)20-6-10-25-16-28-20/h2-6,9-10,14,16H,7-8,11-13H2,1H3. The largest absolute Gasteiger partial charge is 0.338 e. The van der Waals surface area contributed by atoms with Gasteiger partial charge < -0.3 is 4.90 Å². The molecule has 4 rings (SSSR count). The molecule has 1 aliphatic heterocycles. The van der Waals surface area contributed by atoms with Crippen molar-refractivity contribution in [2.45, 2.75) is 26.2 Å². The number of aryl methyl sites for hydroxylation is 1. The molecule has 150 valence electrons. The van der Waals surface area contributed by atoms with Gasteiger partial charge in [0.15, 0.2) is 0 Å². The summed E-state index contributed by atoms with van der Waals surface area (Å²) >= 11 is 0. The smallest absolute Gasteiger partial charge is 0.256 e. The first-order valence-corrected chi connectivity index (χ1v) is 9.94. The Labute approximate surface area is 175 Å². The lowest BCUT2D eigenvalue weighted by Crippen LogP contribution is -2.43. The Bertz CT molecular complexity index is 1070. The van der Waals surface area contributed by atoms with Crippen LogP contribution in [0, 0.1) is 23.7 Å². The molecule has 3 aromatic rings. The van der Waals surface area contributed by atoms with E-state index in [2.05, 4.69) is 26.0 Å². The van der Waals surface area contributed by atoms with Gasteiger partial charge in [0.05, 0.1) is 22.7 Å². The number of aromatic nitrogens is 4. The first-order chi connectivity index (χ1) is 14.6. The molecule has 4 heterocycles. The molecule has 0 unspecified atom stereocenters. The van der Waals surface area contributed by atoms with Crippen LogP contribution in [-0.4, -0.2) is 43.8 Å². The van der Waals surface area contributed by atoms with Gasteiger partial charge in [-0.2, -0.15) is 5.26 Å². The van der Waals surface area contributed by atoms with Gasteiger partial charge in [0.25, 0.3) is 5.91 Å². The lowest BCUT2D eigenvalue weighted by Gasteiger charge is -2.37. The minimum absolute atomic E-state index is 0.0831. The molecule has 7 nitrogen and oxygen atoms in total. The minimum Gasteiger partial charge on any atom is -0.338 e. The second-order valence-electron chi connectivity index (χ2n) is 7.66. The number of nitriles is 1. The van der Waals surface area contributed by atoms with Crippen LogP contribution >= 0.6 is 0 Å². The molecule has 0 atom stereocenters. The highest BCUT2D eigenvalue weighted by molar-refractivity contribution is 5.99. The normalized spacial score (nSPS) is 15.4. The van der Waals surface area contributed by atoms with Crippen LogP contribution in [-0.2, 0) is 6.42 Å². The zero-order valence-corrected chi connectivity index (χ0v) is 16.8. The van der Waals surface area contributed by atoms with Gasteiger partial charge in [0.1, 0.15) is 12.0 Å². The summed E-state index contributed by atoms with van der Waals surface area (Å²) in [4.78, 5) is 31.9. The molecule has 0 aromatic carbocycles. The van der Waals surface area contributed by atoms with E-state index in [1.165, 1.54) is 6.33 Å². The van der Waals surface area contributed by atoms with E-state index < -0.39 is 5.41 Å². The summed E-state index contributed by atoms with van der Waals surface area (Å²) in [6.07, 6.45) is 8.49. The van der Waals surface area contributed by atoms with Crippen molar-refractivity contribution in [3.8, 4) is 17.5 Å². The number of carbonyl (C=O) groups is 1. The molecule has 0 N–H and O–H groups in total. The Morgan fingerprint density at radius 3 is 2.63 bits per heavy atom. The number of hydrogen-bond acceptors (Lipinski definition) is 6. The summed E-state index contributed by atoms with van der Waals surface area (Å²) in [6, 6.07) is 11.8. The Morgan fingerprint density at radius 1 is 1.13 bits per heavy atom. The van der Waals surface area contributed by atoms with E-state index in [1.54, 1.807) is 30.6 Å². The summed E-state index contributed by atoms with van der Waals surface area (Å²) in [5.41, 5.74) is 3.22. The van der Waals surface area contributed by atoms with Crippen LogP contribution in [0.5, 0.6) is 0 Å². The van der Waals surface area contributed by atoms with E-state index in [9.17, 15) is 10.1 Å². The summed E-state index contributed by atoms with van der Waals surface area (Å²) in [6.45, 7) is 3.01. The number of pyridine rings is 2. The van der Waals surface area contributed by atoms with Gasteiger partial charge in [-0.25, -0.2) is 9.97 Å². The van der Waals surface area contributed by atoms with Gasteiger partial charge in [-0.3, -0.25) is 14.8 Å². The summed E-state index contributed by atoms with van der Waals surface area (Å²) < 4.78 is 0. The zero-order chi connectivity index (χ0) is 21.0. The molecule has 1 saturated heterocycles. The van der Waals surface area contributed by atoms with Gasteiger partial charge in [-0.1, -0.05) is 6.07 Å². The van der Waals surface area contributed by atoms with Crippen molar-refractivity contribution >= 4 is 5.91 Å². The SMILES string of the molecule is Cc1ccc(CC2(C#N)CCN(C(=O)c3cccnc3-c3ccncn3)CC2)cn1. The van der Waals surface area contributed by atoms with Crippen LogP contribution in [0.1, 0.15) is 34.5 Å². The number of piperidine rings is 1. The van der Waals surface area contributed by atoms with Gasteiger partial charge in [-0.15, -0.1) is 0 Å². The number of nitrogens with zero attached hydrogens (tertiary/aromatic N) is 6. The molecule has 3 aromatic heterocycles. The second kappa shape index (κ2) is 8.37. The highest BCUT2D eigenvalue weighted by Gasteiger charge is 2.37. The fourth-order valence-electron chi connectivity index (χ4n) is 3.84. The molecule has 0 spiro atoms.